The fraction of sp³-hybridized carbons (Fsp3) is 0.227. The molecule has 0 radical (unpaired) electrons. The highest BCUT2D eigenvalue weighted by atomic mass is 16.5. The van der Waals surface area contributed by atoms with Gasteiger partial charge in [0, 0.05) is 22.8 Å². The standard InChI is InChI=1S/C22H18N4O3/c1-28-17-7-6-14(18-12-4-2-3-5-16(12)29-19(17)18)22(11-23)9-8-15-13(10-22)20(27)26-21(24)25-15/h2-7H,8-10H2,1H3,(H3,24,25,26,27). The minimum absolute atomic E-state index is 0.103. The summed E-state index contributed by atoms with van der Waals surface area (Å²) in [6, 6.07) is 13.9. The molecule has 1 aliphatic carbocycles. The van der Waals surface area contributed by atoms with Crippen molar-refractivity contribution in [3.8, 4) is 11.8 Å². The molecule has 5 rings (SSSR count). The third-order valence-electron chi connectivity index (χ3n) is 5.83. The second-order valence-electron chi connectivity index (χ2n) is 7.36. The zero-order valence-electron chi connectivity index (χ0n) is 15.8. The van der Waals surface area contributed by atoms with E-state index in [1.165, 1.54) is 0 Å². The molecule has 7 nitrogen and oxygen atoms in total. The van der Waals surface area contributed by atoms with Gasteiger partial charge in [0.15, 0.2) is 11.3 Å². The van der Waals surface area contributed by atoms with Crippen LogP contribution in [0.2, 0.25) is 0 Å². The average Bonchev–Trinajstić information content (AvgIpc) is 3.12. The molecule has 0 amide bonds. The van der Waals surface area contributed by atoms with Crippen LogP contribution in [-0.4, -0.2) is 17.1 Å². The number of H-pyrrole nitrogens is 1. The van der Waals surface area contributed by atoms with Crippen molar-refractivity contribution in [2.24, 2.45) is 0 Å². The van der Waals surface area contributed by atoms with Crippen LogP contribution in [0.3, 0.4) is 0 Å². The topological polar surface area (TPSA) is 118 Å². The quantitative estimate of drug-likeness (QED) is 0.546. The number of nitrogen functional groups attached to an aromatic ring is 1. The Kier molecular flexibility index (Phi) is 3.65. The van der Waals surface area contributed by atoms with Gasteiger partial charge in [-0.2, -0.15) is 5.26 Å². The number of aryl methyl sites for hydroxylation is 1. The van der Waals surface area contributed by atoms with Gasteiger partial charge in [-0.3, -0.25) is 9.78 Å². The highest BCUT2D eigenvalue weighted by molar-refractivity contribution is 6.09. The molecule has 2 aromatic heterocycles. The van der Waals surface area contributed by atoms with E-state index >= 15 is 0 Å². The molecule has 0 bridgehead atoms. The molecule has 0 aliphatic heterocycles. The highest BCUT2D eigenvalue weighted by Crippen LogP contribution is 2.45. The third kappa shape index (κ3) is 2.42. The summed E-state index contributed by atoms with van der Waals surface area (Å²) in [5.74, 6) is 0.711. The van der Waals surface area contributed by atoms with Gasteiger partial charge in [0.05, 0.1) is 24.3 Å². The van der Waals surface area contributed by atoms with Crippen LogP contribution in [0.4, 0.5) is 5.95 Å². The number of rotatable bonds is 2. The lowest BCUT2D eigenvalue weighted by Crippen LogP contribution is -2.36. The van der Waals surface area contributed by atoms with Crippen LogP contribution in [0.5, 0.6) is 5.75 Å². The molecular formula is C22H18N4O3. The van der Waals surface area contributed by atoms with Crippen molar-refractivity contribution in [3.05, 3.63) is 63.6 Å². The zero-order chi connectivity index (χ0) is 20.2. The van der Waals surface area contributed by atoms with Crippen LogP contribution < -0.4 is 16.0 Å². The number of hydrogen-bond donors (Lipinski definition) is 2. The zero-order valence-corrected chi connectivity index (χ0v) is 15.8. The van der Waals surface area contributed by atoms with E-state index in [0.29, 0.717) is 35.4 Å². The lowest BCUT2D eigenvalue weighted by molar-refractivity contribution is 0.411. The second-order valence-corrected chi connectivity index (χ2v) is 7.36. The predicted octanol–water partition coefficient (Wildman–Crippen LogP) is 3.21. The van der Waals surface area contributed by atoms with Gasteiger partial charge in [0.25, 0.3) is 5.56 Å². The molecule has 2 aromatic carbocycles. The van der Waals surface area contributed by atoms with E-state index in [0.717, 1.165) is 21.9 Å². The fourth-order valence-electron chi connectivity index (χ4n) is 4.42. The molecule has 4 aromatic rings. The Bertz CT molecular complexity index is 1380. The van der Waals surface area contributed by atoms with E-state index in [9.17, 15) is 10.1 Å². The van der Waals surface area contributed by atoms with Crippen molar-refractivity contribution in [1.82, 2.24) is 9.97 Å². The van der Waals surface area contributed by atoms with E-state index in [4.69, 9.17) is 14.9 Å². The Morgan fingerprint density at radius 2 is 2.14 bits per heavy atom. The molecule has 3 N–H and O–H groups in total. The number of nitrogens with one attached hydrogen (secondary N) is 1. The van der Waals surface area contributed by atoms with Crippen molar-refractivity contribution in [2.75, 3.05) is 12.8 Å². The second kappa shape index (κ2) is 6.11. The minimum Gasteiger partial charge on any atom is -0.493 e. The van der Waals surface area contributed by atoms with Gasteiger partial charge in [-0.15, -0.1) is 0 Å². The number of methoxy groups -OCH3 is 1. The van der Waals surface area contributed by atoms with Gasteiger partial charge in [0.2, 0.25) is 5.95 Å². The normalized spacial score (nSPS) is 18.5. The van der Waals surface area contributed by atoms with Crippen molar-refractivity contribution in [1.29, 1.82) is 5.26 Å². The van der Waals surface area contributed by atoms with E-state index < -0.39 is 5.41 Å². The Hall–Kier alpha value is -3.79. The molecule has 1 aliphatic rings. The summed E-state index contributed by atoms with van der Waals surface area (Å²) in [4.78, 5) is 19.3. The number of aromatic nitrogens is 2. The van der Waals surface area contributed by atoms with Crippen LogP contribution in [0.1, 0.15) is 23.2 Å². The molecule has 0 spiro atoms. The van der Waals surface area contributed by atoms with Crippen LogP contribution >= 0.6 is 0 Å². The maximum atomic E-state index is 12.5. The monoisotopic (exact) mass is 386 g/mol. The van der Waals surface area contributed by atoms with Crippen LogP contribution in [0.15, 0.2) is 45.6 Å². The molecule has 7 heteroatoms. The lowest BCUT2D eigenvalue weighted by atomic mass is 9.68. The summed E-state index contributed by atoms with van der Waals surface area (Å²) in [6.45, 7) is 0. The first-order valence-corrected chi connectivity index (χ1v) is 9.34. The number of anilines is 1. The fourth-order valence-corrected chi connectivity index (χ4v) is 4.42. The van der Waals surface area contributed by atoms with Gasteiger partial charge in [-0.05, 0) is 30.5 Å². The molecule has 0 fully saturated rings. The predicted molar refractivity (Wildman–Crippen MR) is 109 cm³/mol. The maximum absolute atomic E-state index is 12.5. The molecular weight excluding hydrogens is 368 g/mol. The van der Waals surface area contributed by atoms with Crippen LogP contribution in [0.25, 0.3) is 21.9 Å². The summed E-state index contributed by atoms with van der Waals surface area (Å²) in [5, 5.41) is 12.1. The van der Waals surface area contributed by atoms with E-state index in [-0.39, 0.29) is 17.9 Å². The molecule has 1 atom stereocenters. The molecule has 1 unspecified atom stereocenters. The molecule has 2 heterocycles. The summed E-state index contributed by atoms with van der Waals surface area (Å²) in [6.07, 6.45) is 1.30. The van der Waals surface area contributed by atoms with Gasteiger partial charge in [-0.1, -0.05) is 24.3 Å². The minimum atomic E-state index is -0.880. The number of nitriles is 1. The van der Waals surface area contributed by atoms with Gasteiger partial charge >= 0.3 is 0 Å². The molecule has 144 valence electrons. The Morgan fingerprint density at radius 1 is 1.31 bits per heavy atom. The smallest absolute Gasteiger partial charge is 0.255 e. The number of ether oxygens (including phenoxy) is 1. The summed E-state index contributed by atoms with van der Waals surface area (Å²) in [7, 11) is 1.59. The average molecular weight is 386 g/mol. The Balaban J connectivity index is 1.80. The number of aromatic amines is 1. The number of fused-ring (bicyclic) bond motifs is 4. The van der Waals surface area contributed by atoms with E-state index in [1.54, 1.807) is 7.11 Å². The Labute approximate surface area is 165 Å². The van der Waals surface area contributed by atoms with E-state index in [2.05, 4.69) is 16.0 Å². The largest absolute Gasteiger partial charge is 0.493 e. The van der Waals surface area contributed by atoms with Crippen molar-refractivity contribution in [3.63, 3.8) is 0 Å². The van der Waals surface area contributed by atoms with Crippen LogP contribution in [-0.2, 0) is 18.3 Å². The van der Waals surface area contributed by atoms with Gasteiger partial charge < -0.3 is 14.9 Å². The molecule has 0 saturated heterocycles. The SMILES string of the molecule is COc1ccc(C2(C#N)CCc3nc(N)[nH]c(=O)c3C2)c2c1oc1ccccc12. The molecule has 29 heavy (non-hydrogen) atoms. The summed E-state index contributed by atoms with van der Waals surface area (Å²) in [5.41, 5.74) is 7.88. The first kappa shape index (κ1) is 17.3. The van der Waals surface area contributed by atoms with Gasteiger partial charge in [-0.25, -0.2) is 4.98 Å². The lowest BCUT2D eigenvalue weighted by Gasteiger charge is -2.32. The van der Waals surface area contributed by atoms with Crippen LogP contribution in [0, 0.1) is 11.3 Å². The van der Waals surface area contributed by atoms with Crippen molar-refractivity contribution in [2.45, 2.75) is 24.7 Å². The summed E-state index contributed by atoms with van der Waals surface area (Å²) < 4.78 is 11.6. The van der Waals surface area contributed by atoms with Gasteiger partial charge in [0.1, 0.15) is 5.58 Å². The maximum Gasteiger partial charge on any atom is 0.255 e. The van der Waals surface area contributed by atoms with Crippen molar-refractivity contribution < 1.29 is 9.15 Å². The van der Waals surface area contributed by atoms with E-state index in [1.807, 2.05) is 36.4 Å². The number of para-hydroxylation sites is 1. The molecule has 0 saturated carbocycles. The van der Waals surface area contributed by atoms with Crippen molar-refractivity contribution >= 4 is 27.9 Å². The number of nitrogens with zero attached hydrogens (tertiary/aromatic N) is 2. The first-order valence-electron chi connectivity index (χ1n) is 9.34. The highest BCUT2D eigenvalue weighted by Gasteiger charge is 2.40. The Morgan fingerprint density at radius 3 is 2.93 bits per heavy atom. The third-order valence-corrected chi connectivity index (χ3v) is 5.83. The summed E-state index contributed by atoms with van der Waals surface area (Å²) >= 11 is 0. The number of furan rings is 1. The first-order chi connectivity index (χ1) is 14.1. The number of hydrogen-bond acceptors (Lipinski definition) is 6. The number of nitrogens with two attached hydrogens (primary N) is 1. The number of benzene rings is 2.